The number of hydrogen-bond donors (Lipinski definition) is 3. The molecule has 4 nitrogen and oxygen atoms in total. The van der Waals surface area contributed by atoms with Gasteiger partial charge in [0.15, 0.2) is 0 Å². The van der Waals surface area contributed by atoms with Crippen molar-refractivity contribution in [2.75, 3.05) is 0 Å². The maximum atomic E-state index is 12.7. The van der Waals surface area contributed by atoms with Crippen molar-refractivity contribution >= 4 is 33.2 Å². The molecule has 31 heavy (non-hydrogen) atoms. The SMILES string of the molecule is O=c1[nH]c2sc(Cl)c(-c3ccc(-c4ccccc4O)cc3)c2c(O)c1-c1ccccc1. The Morgan fingerprint density at radius 1 is 0.742 bits per heavy atom. The summed E-state index contributed by atoms with van der Waals surface area (Å²) in [7, 11) is 0. The van der Waals surface area contributed by atoms with E-state index in [2.05, 4.69) is 4.98 Å². The first-order chi connectivity index (χ1) is 15.0. The molecule has 0 aliphatic rings. The van der Waals surface area contributed by atoms with Crippen LogP contribution < -0.4 is 5.56 Å². The summed E-state index contributed by atoms with van der Waals surface area (Å²) in [6.07, 6.45) is 0. The van der Waals surface area contributed by atoms with Gasteiger partial charge in [-0.3, -0.25) is 4.79 Å². The Labute approximate surface area is 186 Å². The van der Waals surface area contributed by atoms with E-state index in [1.54, 1.807) is 24.3 Å². The maximum Gasteiger partial charge on any atom is 0.260 e. The quantitative estimate of drug-likeness (QED) is 0.291. The fraction of sp³-hybridized carbons (Fsp3) is 0. The van der Waals surface area contributed by atoms with Gasteiger partial charge in [-0.2, -0.15) is 0 Å². The predicted octanol–water partition coefficient (Wildman–Crippen LogP) is 6.66. The second-order valence-corrected chi connectivity index (χ2v) is 8.72. The van der Waals surface area contributed by atoms with Gasteiger partial charge in [0.25, 0.3) is 5.56 Å². The molecule has 0 saturated carbocycles. The number of para-hydroxylation sites is 1. The molecule has 0 amide bonds. The Morgan fingerprint density at radius 3 is 2.06 bits per heavy atom. The molecule has 2 heterocycles. The smallest absolute Gasteiger partial charge is 0.260 e. The lowest BCUT2D eigenvalue weighted by Gasteiger charge is -2.09. The number of rotatable bonds is 3. The summed E-state index contributed by atoms with van der Waals surface area (Å²) in [6, 6.07) is 23.8. The molecule has 6 heteroatoms. The number of aromatic hydroxyl groups is 2. The van der Waals surface area contributed by atoms with E-state index in [1.807, 2.05) is 54.6 Å². The average Bonchev–Trinajstić information content (AvgIpc) is 3.11. The number of halogens is 1. The van der Waals surface area contributed by atoms with Crippen molar-refractivity contribution in [3.05, 3.63) is 93.6 Å². The van der Waals surface area contributed by atoms with Crippen LogP contribution in [0.25, 0.3) is 43.6 Å². The molecule has 0 fully saturated rings. The first-order valence-electron chi connectivity index (χ1n) is 9.56. The number of hydrogen-bond acceptors (Lipinski definition) is 4. The molecule has 152 valence electrons. The van der Waals surface area contributed by atoms with E-state index in [9.17, 15) is 15.0 Å². The Morgan fingerprint density at radius 2 is 1.35 bits per heavy atom. The zero-order chi connectivity index (χ0) is 21.5. The van der Waals surface area contributed by atoms with E-state index < -0.39 is 0 Å². The Kier molecular flexibility index (Phi) is 4.77. The zero-order valence-corrected chi connectivity index (χ0v) is 17.7. The van der Waals surface area contributed by atoms with Gasteiger partial charge in [-0.25, -0.2) is 0 Å². The van der Waals surface area contributed by atoms with E-state index in [0.29, 0.717) is 25.7 Å². The molecular weight excluding hydrogens is 430 g/mol. The molecule has 0 bridgehead atoms. The van der Waals surface area contributed by atoms with Crippen molar-refractivity contribution in [2.45, 2.75) is 0 Å². The molecule has 0 aliphatic heterocycles. The van der Waals surface area contributed by atoms with Gasteiger partial charge in [-0.05, 0) is 22.8 Å². The average molecular weight is 446 g/mol. The number of fused-ring (bicyclic) bond motifs is 1. The van der Waals surface area contributed by atoms with Crippen LogP contribution in [0.5, 0.6) is 11.5 Å². The second kappa shape index (κ2) is 7.61. The van der Waals surface area contributed by atoms with Crippen molar-refractivity contribution in [1.29, 1.82) is 0 Å². The van der Waals surface area contributed by atoms with Crippen molar-refractivity contribution < 1.29 is 10.2 Å². The third kappa shape index (κ3) is 3.28. The van der Waals surface area contributed by atoms with E-state index in [1.165, 1.54) is 11.3 Å². The van der Waals surface area contributed by atoms with E-state index >= 15 is 0 Å². The molecule has 0 radical (unpaired) electrons. The molecule has 0 aliphatic carbocycles. The number of aromatic amines is 1. The van der Waals surface area contributed by atoms with E-state index in [4.69, 9.17) is 11.6 Å². The number of pyridine rings is 1. The van der Waals surface area contributed by atoms with Gasteiger partial charge in [0.05, 0.1) is 10.9 Å². The molecule has 2 aromatic heterocycles. The number of thiophene rings is 1. The number of aromatic nitrogens is 1. The monoisotopic (exact) mass is 445 g/mol. The van der Waals surface area contributed by atoms with Crippen LogP contribution in [-0.2, 0) is 0 Å². The summed E-state index contributed by atoms with van der Waals surface area (Å²) in [4.78, 5) is 16.0. The van der Waals surface area contributed by atoms with E-state index in [0.717, 1.165) is 16.7 Å². The molecule has 3 aromatic carbocycles. The van der Waals surface area contributed by atoms with E-state index in [-0.39, 0.29) is 22.6 Å². The van der Waals surface area contributed by atoms with Crippen molar-refractivity contribution in [1.82, 2.24) is 4.98 Å². The summed E-state index contributed by atoms with van der Waals surface area (Å²) >= 11 is 7.77. The Hall–Kier alpha value is -3.54. The van der Waals surface area contributed by atoms with Crippen molar-refractivity contribution in [3.63, 3.8) is 0 Å². The minimum absolute atomic E-state index is 0.0899. The third-order valence-electron chi connectivity index (χ3n) is 5.24. The lowest BCUT2D eigenvalue weighted by atomic mass is 9.98. The topological polar surface area (TPSA) is 73.3 Å². The van der Waals surface area contributed by atoms with Crippen LogP contribution in [0, 0.1) is 0 Å². The number of H-pyrrole nitrogens is 1. The lowest BCUT2D eigenvalue weighted by molar-refractivity contribution is 0.477. The first kappa shape index (κ1) is 19.4. The molecule has 5 aromatic rings. The lowest BCUT2D eigenvalue weighted by Crippen LogP contribution is -2.08. The fourth-order valence-corrected chi connectivity index (χ4v) is 5.16. The third-order valence-corrected chi connectivity index (χ3v) is 6.56. The number of benzene rings is 3. The maximum absolute atomic E-state index is 12.7. The summed E-state index contributed by atoms with van der Waals surface area (Å²) in [5.41, 5.74) is 3.54. The highest BCUT2D eigenvalue weighted by Crippen LogP contribution is 2.47. The van der Waals surface area contributed by atoms with Crippen LogP contribution in [0.2, 0.25) is 4.34 Å². The second-order valence-electron chi connectivity index (χ2n) is 7.09. The number of phenols is 1. The Bertz CT molecular complexity index is 1470. The molecule has 0 saturated heterocycles. The van der Waals surface area contributed by atoms with Gasteiger partial charge in [-0.15, -0.1) is 11.3 Å². The predicted molar refractivity (Wildman–Crippen MR) is 127 cm³/mol. The first-order valence-corrected chi connectivity index (χ1v) is 10.8. The highest BCUT2D eigenvalue weighted by atomic mass is 35.5. The number of phenolic OH excluding ortho intramolecular Hbond substituents is 1. The standard InChI is InChI=1S/C25H16ClNO3S/c26-23-19(16-12-10-14(11-13-16)17-8-4-5-9-18(17)28)21-22(29)20(15-6-2-1-3-7-15)24(30)27-25(21)31-23/h1-13,28H,(H2,27,29,30). The van der Waals surface area contributed by atoms with Crippen LogP contribution in [-0.4, -0.2) is 15.2 Å². The normalized spacial score (nSPS) is 11.1. The van der Waals surface area contributed by atoms with Gasteiger partial charge in [0.2, 0.25) is 0 Å². The van der Waals surface area contributed by atoms with Crippen LogP contribution in [0.15, 0.2) is 83.7 Å². The van der Waals surface area contributed by atoms with Crippen LogP contribution in [0.1, 0.15) is 0 Å². The van der Waals surface area contributed by atoms with Crippen molar-refractivity contribution in [3.8, 4) is 44.9 Å². The molecule has 0 atom stereocenters. The van der Waals surface area contributed by atoms with Crippen LogP contribution >= 0.6 is 22.9 Å². The summed E-state index contributed by atoms with van der Waals surface area (Å²) in [5, 5.41) is 21.7. The van der Waals surface area contributed by atoms with Gasteiger partial charge in [0, 0.05) is 11.1 Å². The minimum atomic E-state index is -0.365. The van der Waals surface area contributed by atoms with Crippen molar-refractivity contribution in [2.24, 2.45) is 0 Å². The highest BCUT2D eigenvalue weighted by Gasteiger charge is 2.22. The minimum Gasteiger partial charge on any atom is -0.507 e. The Balaban J connectivity index is 1.70. The van der Waals surface area contributed by atoms with Gasteiger partial charge >= 0.3 is 0 Å². The van der Waals surface area contributed by atoms with Gasteiger partial charge in [0.1, 0.15) is 20.7 Å². The molecular formula is C25H16ClNO3S. The summed E-state index contributed by atoms with van der Waals surface area (Å²) in [6.45, 7) is 0. The van der Waals surface area contributed by atoms with Crippen LogP contribution in [0.3, 0.4) is 0 Å². The summed E-state index contributed by atoms with van der Waals surface area (Å²) in [5.74, 6) is 0.116. The molecule has 0 spiro atoms. The molecule has 3 N–H and O–H groups in total. The number of nitrogens with one attached hydrogen (secondary N) is 1. The largest absolute Gasteiger partial charge is 0.507 e. The molecule has 0 unspecified atom stereocenters. The summed E-state index contributed by atoms with van der Waals surface area (Å²) < 4.78 is 0.474. The van der Waals surface area contributed by atoms with Gasteiger partial charge < -0.3 is 15.2 Å². The molecule has 5 rings (SSSR count). The zero-order valence-electron chi connectivity index (χ0n) is 16.1. The van der Waals surface area contributed by atoms with Crippen LogP contribution in [0.4, 0.5) is 0 Å². The fourth-order valence-electron chi connectivity index (χ4n) is 3.78. The highest BCUT2D eigenvalue weighted by molar-refractivity contribution is 7.23. The van der Waals surface area contributed by atoms with Gasteiger partial charge in [-0.1, -0.05) is 84.4 Å².